The van der Waals surface area contributed by atoms with E-state index in [2.05, 4.69) is 11.1 Å². The monoisotopic (exact) mass is 305 g/mol. The van der Waals surface area contributed by atoms with Gasteiger partial charge in [-0.25, -0.2) is 0 Å². The summed E-state index contributed by atoms with van der Waals surface area (Å²) in [5.41, 5.74) is 9.60. The number of benzene rings is 2. The lowest BCUT2D eigenvalue weighted by atomic mass is 9.94. The van der Waals surface area contributed by atoms with Crippen LogP contribution in [0.2, 0.25) is 0 Å². The summed E-state index contributed by atoms with van der Waals surface area (Å²) in [7, 11) is 0. The van der Waals surface area contributed by atoms with E-state index in [1.165, 1.54) is 0 Å². The van der Waals surface area contributed by atoms with Gasteiger partial charge in [0, 0.05) is 36.1 Å². The van der Waals surface area contributed by atoms with Crippen LogP contribution in [0, 0.1) is 0 Å². The third kappa shape index (κ3) is 2.41. The number of rotatable bonds is 3. The Balaban J connectivity index is 1.62. The minimum Gasteiger partial charge on any atom is -0.361 e. The smallest absolute Gasteiger partial charge is 0.240 e. The van der Waals surface area contributed by atoms with E-state index < -0.39 is 6.04 Å². The van der Waals surface area contributed by atoms with E-state index in [9.17, 15) is 4.79 Å². The molecule has 2 atom stereocenters. The number of nitrogens with one attached hydrogen (secondary N) is 1. The second-order valence-corrected chi connectivity index (χ2v) is 6.13. The van der Waals surface area contributed by atoms with E-state index >= 15 is 0 Å². The first-order chi connectivity index (χ1) is 11.2. The zero-order valence-corrected chi connectivity index (χ0v) is 12.8. The summed E-state index contributed by atoms with van der Waals surface area (Å²) in [4.78, 5) is 17.7. The molecular weight excluding hydrogens is 286 g/mol. The molecule has 0 spiro atoms. The molecule has 0 saturated carbocycles. The molecule has 3 N–H and O–H groups in total. The molecule has 3 aromatic rings. The van der Waals surface area contributed by atoms with Crippen molar-refractivity contribution in [3.05, 3.63) is 71.9 Å². The fourth-order valence-corrected chi connectivity index (χ4v) is 3.46. The number of H-pyrrole nitrogens is 1. The Kier molecular flexibility index (Phi) is 3.39. The van der Waals surface area contributed by atoms with Crippen LogP contribution in [0.3, 0.4) is 0 Å². The molecule has 0 unspecified atom stereocenters. The van der Waals surface area contributed by atoms with Gasteiger partial charge in [-0.05, 0) is 17.2 Å². The maximum atomic E-state index is 12.5. The van der Waals surface area contributed by atoms with Crippen molar-refractivity contribution < 1.29 is 4.79 Å². The lowest BCUT2D eigenvalue weighted by Gasteiger charge is -2.16. The summed E-state index contributed by atoms with van der Waals surface area (Å²) in [6, 6.07) is 17.7. The van der Waals surface area contributed by atoms with Gasteiger partial charge in [-0.1, -0.05) is 48.5 Å². The van der Waals surface area contributed by atoms with Crippen LogP contribution in [-0.4, -0.2) is 28.4 Å². The van der Waals surface area contributed by atoms with Gasteiger partial charge in [0.15, 0.2) is 0 Å². The number of aromatic nitrogens is 1. The van der Waals surface area contributed by atoms with Gasteiger partial charge in [-0.3, -0.25) is 4.79 Å². The van der Waals surface area contributed by atoms with Crippen molar-refractivity contribution in [3.8, 4) is 0 Å². The Labute approximate surface area is 134 Å². The first kappa shape index (κ1) is 14.0. The summed E-state index contributed by atoms with van der Waals surface area (Å²) in [6.07, 6.45) is 1.99. The predicted octanol–water partition coefficient (Wildman–Crippen LogP) is 2.62. The maximum Gasteiger partial charge on any atom is 0.240 e. The lowest BCUT2D eigenvalue weighted by Crippen LogP contribution is -2.35. The molecule has 2 heterocycles. The lowest BCUT2D eigenvalue weighted by molar-refractivity contribution is -0.129. The van der Waals surface area contributed by atoms with E-state index in [-0.39, 0.29) is 11.8 Å². The van der Waals surface area contributed by atoms with Crippen molar-refractivity contribution in [3.63, 3.8) is 0 Å². The Morgan fingerprint density at radius 1 is 1.09 bits per heavy atom. The van der Waals surface area contributed by atoms with E-state index in [0.29, 0.717) is 13.1 Å². The van der Waals surface area contributed by atoms with Crippen molar-refractivity contribution >= 4 is 16.8 Å². The molecule has 2 aromatic carbocycles. The van der Waals surface area contributed by atoms with Gasteiger partial charge in [-0.2, -0.15) is 0 Å². The van der Waals surface area contributed by atoms with Crippen LogP contribution in [0.15, 0.2) is 60.8 Å². The van der Waals surface area contributed by atoms with Crippen LogP contribution in [0.25, 0.3) is 10.9 Å². The van der Waals surface area contributed by atoms with E-state index in [1.54, 1.807) is 0 Å². The number of hydrogen-bond donors (Lipinski definition) is 2. The zero-order valence-electron chi connectivity index (χ0n) is 12.8. The number of para-hydroxylation sites is 1. The second kappa shape index (κ2) is 5.56. The van der Waals surface area contributed by atoms with Crippen LogP contribution >= 0.6 is 0 Å². The van der Waals surface area contributed by atoms with Crippen LogP contribution in [0.5, 0.6) is 0 Å². The minimum atomic E-state index is -0.474. The van der Waals surface area contributed by atoms with E-state index in [4.69, 9.17) is 5.73 Å². The van der Waals surface area contributed by atoms with E-state index in [0.717, 1.165) is 22.0 Å². The summed E-state index contributed by atoms with van der Waals surface area (Å²) in [5.74, 6) is 0.0616. The molecule has 0 bridgehead atoms. The topological polar surface area (TPSA) is 62.1 Å². The molecule has 1 saturated heterocycles. The molecule has 0 aliphatic carbocycles. The quantitative estimate of drug-likeness (QED) is 0.781. The molecule has 1 aromatic heterocycles. The summed E-state index contributed by atoms with van der Waals surface area (Å²) >= 11 is 0. The molecule has 1 aliphatic heterocycles. The number of carbonyl (C=O) groups excluding carboxylic acids is 1. The Hall–Kier alpha value is -2.59. The van der Waals surface area contributed by atoms with Gasteiger partial charge >= 0.3 is 0 Å². The third-order valence-corrected chi connectivity index (χ3v) is 4.68. The highest BCUT2D eigenvalue weighted by Gasteiger charge is 2.39. The van der Waals surface area contributed by atoms with E-state index in [1.807, 2.05) is 59.6 Å². The number of hydrogen-bond acceptors (Lipinski definition) is 2. The molecule has 4 rings (SSSR count). The molecule has 4 nitrogen and oxygen atoms in total. The number of amides is 1. The summed E-state index contributed by atoms with van der Waals surface area (Å²) < 4.78 is 0. The van der Waals surface area contributed by atoms with Crippen LogP contribution in [-0.2, 0) is 11.3 Å². The first-order valence-electron chi connectivity index (χ1n) is 7.88. The molecule has 1 fully saturated rings. The third-order valence-electron chi connectivity index (χ3n) is 4.68. The number of likely N-dealkylation sites (tertiary alicyclic amines) is 1. The number of aromatic amines is 1. The maximum absolute atomic E-state index is 12.5. The molecule has 1 aliphatic rings. The highest BCUT2D eigenvalue weighted by Crippen LogP contribution is 2.33. The molecule has 1 amide bonds. The number of nitrogens with zero attached hydrogens (tertiary/aromatic N) is 1. The Bertz CT molecular complexity index is 840. The first-order valence-corrected chi connectivity index (χ1v) is 7.88. The summed E-state index contributed by atoms with van der Waals surface area (Å²) in [5, 5.41) is 1.15. The van der Waals surface area contributed by atoms with Gasteiger partial charge in [0.05, 0.1) is 6.04 Å². The van der Waals surface area contributed by atoms with Crippen LogP contribution in [0.4, 0.5) is 0 Å². The highest BCUT2D eigenvalue weighted by molar-refractivity contribution is 5.89. The zero-order chi connectivity index (χ0) is 15.8. The molecular formula is C19H19N3O. The van der Waals surface area contributed by atoms with Gasteiger partial charge in [-0.15, -0.1) is 0 Å². The molecule has 23 heavy (non-hydrogen) atoms. The van der Waals surface area contributed by atoms with Gasteiger partial charge < -0.3 is 15.6 Å². The fraction of sp³-hybridized carbons (Fsp3) is 0.211. The Morgan fingerprint density at radius 3 is 2.65 bits per heavy atom. The minimum absolute atomic E-state index is 0.0300. The standard InChI is InChI=1S/C19H19N3O/c20-18-16(15-10-21-17-9-5-4-8-14(15)17)12-22(19(18)23)11-13-6-2-1-3-7-13/h1-10,16,18,21H,11-12,20H2/t16-,18-/m0/s1. The van der Waals surface area contributed by atoms with Crippen molar-refractivity contribution in [2.24, 2.45) is 5.73 Å². The average Bonchev–Trinajstić information content (AvgIpc) is 3.12. The largest absolute Gasteiger partial charge is 0.361 e. The van der Waals surface area contributed by atoms with Crippen molar-refractivity contribution in [1.29, 1.82) is 0 Å². The Morgan fingerprint density at radius 2 is 1.83 bits per heavy atom. The normalized spacial score (nSPS) is 21.3. The fourth-order valence-electron chi connectivity index (χ4n) is 3.46. The highest BCUT2D eigenvalue weighted by atomic mass is 16.2. The van der Waals surface area contributed by atoms with Gasteiger partial charge in [0.2, 0.25) is 5.91 Å². The second-order valence-electron chi connectivity index (χ2n) is 6.13. The average molecular weight is 305 g/mol. The van der Waals surface area contributed by atoms with Crippen molar-refractivity contribution in [1.82, 2.24) is 9.88 Å². The molecule has 4 heteroatoms. The molecule has 0 radical (unpaired) electrons. The van der Waals surface area contributed by atoms with Crippen LogP contribution < -0.4 is 5.73 Å². The summed E-state index contributed by atoms with van der Waals surface area (Å²) in [6.45, 7) is 1.28. The molecule has 116 valence electrons. The number of fused-ring (bicyclic) bond motifs is 1. The predicted molar refractivity (Wildman–Crippen MR) is 90.9 cm³/mol. The SMILES string of the molecule is N[C@@H]1C(=O)N(Cc2ccccc2)C[C@H]1c1c[nH]c2ccccc12. The van der Waals surface area contributed by atoms with Gasteiger partial charge in [0.25, 0.3) is 0 Å². The number of carbonyl (C=O) groups is 1. The van der Waals surface area contributed by atoms with Gasteiger partial charge in [0.1, 0.15) is 0 Å². The number of nitrogens with two attached hydrogens (primary N) is 1. The van der Waals surface area contributed by atoms with Crippen molar-refractivity contribution in [2.75, 3.05) is 6.54 Å². The van der Waals surface area contributed by atoms with Crippen LogP contribution in [0.1, 0.15) is 17.0 Å². The van der Waals surface area contributed by atoms with Crippen molar-refractivity contribution in [2.45, 2.75) is 18.5 Å².